The third kappa shape index (κ3) is 11.1. The smallest absolute Gasteiger partial charge is 0.161 e. The average Bonchev–Trinajstić information content (AvgIpc) is 2.02. The normalized spacial score (nSPS) is 12.0. The zero-order chi connectivity index (χ0) is 9.23. The summed E-state index contributed by atoms with van der Waals surface area (Å²) in [6.45, 7) is 3.19. The topological polar surface area (TPSA) is 9.23 Å². The summed E-state index contributed by atoms with van der Waals surface area (Å²) in [5.74, 6) is 0. The van der Waals surface area contributed by atoms with Gasteiger partial charge in [0.25, 0.3) is 0 Å². The minimum Gasteiger partial charge on any atom is -0.424 e. The molecule has 74 valence electrons. The number of alkyl halides is 2. The summed E-state index contributed by atoms with van der Waals surface area (Å²) in [5, 5.41) is 0. The van der Waals surface area contributed by atoms with Crippen molar-refractivity contribution in [3.63, 3.8) is 0 Å². The molecule has 0 aromatic heterocycles. The van der Waals surface area contributed by atoms with Crippen LogP contribution in [0.2, 0.25) is 6.04 Å². The van der Waals surface area contributed by atoms with E-state index in [0.717, 1.165) is 6.61 Å². The molecule has 12 heavy (non-hydrogen) atoms. The van der Waals surface area contributed by atoms with Gasteiger partial charge in [0.15, 0.2) is 9.76 Å². The Bertz CT molecular complexity index is 91.1. The maximum Gasteiger partial charge on any atom is 0.161 e. The lowest BCUT2D eigenvalue weighted by Crippen LogP contribution is -2.00. The van der Waals surface area contributed by atoms with Gasteiger partial charge in [-0.05, 0) is 18.9 Å². The predicted molar refractivity (Wildman–Crippen MR) is 65.1 cm³/mol. The quantitative estimate of drug-likeness (QED) is 0.379. The van der Waals surface area contributed by atoms with E-state index in [0.29, 0.717) is 3.74 Å². The molecule has 0 unspecified atom stereocenters. The molecule has 0 aromatic carbocycles. The highest BCUT2D eigenvalue weighted by atomic mass is 79.9. The molecule has 0 amide bonds. The first-order valence-electron chi connectivity index (χ1n) is 4.63. The second-order valence-corrected chi connectivity index (χ2v) is 7.82. The van der Waals surface area contributed by atoms with Gasteiger partial charge in [0.05, 0.1) is 3.74 Å². The lowest BCUT2D eigenvalue weighted by atomic mass is 10.4. The second kappa shape index (κ2) is 10.2. The Morgan fingerprint density at radius 3 is 2.67 bits per heavy atom. The van der Waals surface area contributed by atoms with Gasteiger partial charge in [0.2, 0.25) is 0 Å². The van der Waals surface area contributed by atoms with Crippen LogP contribution in [-0.4, -0.2) is 20.1 Å². The van der Waals surface area contributed by atoms with E-state index in [9.17, 15) is 0 Å². The third-order valence-electron chi connectivity index (χ3n) is 1.60. The lowest BCUT2D eigenvalue weighted by molar-refractivity contribution is 0.325. The summed E-state index contributed by atoms with van der Waals surface area (Å²) >= 11 is 6.92. The molecule has 0 spiro atoms. The fourth-order valence-electron chi connectivity index (χ4n) is 0.851. The molecular weight excluding hydrogens is 300 g/mol. The monoisotopic (exact) mass is 316 g/mol. The zero-order valence-corrected chi connectivity index (χ0v) is 12.3. The van der Waals surface area contributed by atoms with Crippen LogP contribution in [0, 0.1) is 0 Å². The Kier molecular flexibility index (Phi) is 11.2. The molecule has 0 rings (SSSR count). The number of hydrogen-bond acceptors (Lipinski definition) is 1. The number of halogens is 2. The van der Waals surface area contributed by atoms with Crippen molar-refractivity contribution < 1.29 is 4.43 Å². The van der Waals surface area contributed by atoms with Crippen molar-refractivity contribution in [2.45, 2.75) is 42.4 Å². The summed E-state index contributed by atoms with van der Waals surface area (Å²) < 4.78 is 6.06. The summed E-state index contributed by atoms with van der Waals surface area (Å²) in [7, 11) is -0.194. The molecule has 0 aliphatic heterocycles. The van der Waals surface area contributed by atoms with E-state index in [4.69, 9.17) is 4.43 Å². The van der Waals surface area contributed by atoms with Crippen molar-refractivity contribution in [1.29, 1.82) is 0 Å². The molecule has 0 radical (unpaired) electrons. The molecule has 4 heteroatoms. The van der Waals surface area contributed by atoms with E-state index in [1.165, 1.54) is 31.7 Å². The minimum absolute atomic E-state index is 0.194. The van der Waals surface area contributed by atoms with Gasteiger partial charge in [-0.25, -0.2) is 0 Å². The van der Waals surface area contributed by atoms with Gasteiger partial charge in [-0.3, -0.25) is 0 Å². The molecule has 0 aromatic rings. The molecule has 0 saturated carbocycles. The fraction of sp³-hybridized carbons (Fsp3) is 1.00. The van der Waals surface area contributed by atoms with Gasteiger partial charge >= 0.3 is 0 Å². The van der Waals surface area contributed by atoms with Gasteiger partial charge in [-0.15, -0.1) is 0 Å². The van der Waals surface area contributed by atoms with Gasteiger partial charge in [-0.1, -0.05) is 51.6 Å². The van der Waals surface area contributed by atoms with Crippen LogP contribution in [-0.2, 0) is 4.43 Å². The third-order valence-corrected chi connectivity index (χ3v) is 3.88. The number of hydrogen-bond donors (Lipinski definition) is 0. The molecule has 0 aliphatic carbocycles. The van der Waals surface area contributed by atoms with Crippen LogP contribution >= 0.6 is 31.9 Å². The van der Waals surface area contributed by atoms with Crippen LogP contribution < -0.4 is 0 Å². The molecule has 0 saturated heterocycles. The van der Waals surface area contributed by atoms with E-state index < -0.39 is 0 Å². The van der Waals surface area contributed by atoms with Crippen molar-refractivity contribution >= 4 is 41.6 Å². The van der Waals surface area contributed by atoms with Crippen LogP contribution in [0.3, 0.4) is 0 Å². The first-order valence-corrected chi connectivity index (χ1v) is 8.04. The largest absolute Gasteiger partial charge is 0.424 e. The Balaban J connectivity index is 2.82. The van der Waals surface area contributed by atoms with Gasteiger partial charge < -0.3 is 4.43 Å². The molecule has 0 aliphatic rings. The zero-order valence-electron chi connectivity index (χ0n) is 7.69. The molecule has 0 atom stereocenters. The highest BCUT2D eigenvalue weighted by Gasteiger charge is 1.97. The van der Waals surface area contributed by atoms with E-state index in [1.54, 1.807) is 0 Å². The van der Waals surface area contributed by atoms with Gasteiger partial charge in [0.1, 0.15) is 0 Å². The summed E-state index contributed by atoms with van der Waals surface area (Å²) in [5.41, 5.74) is 0. The van der Waals surface area contributed by atoms with Gasteiger partial charge in [-0.2, -0.15) is 0 Å². The lowest BCUT2D eigenvalue weighted by Gasteiger charge is -2.03. The SMILES string of the molecule is CCCCO[SiH2]CCCC(Br)Br. The van der Waals surface area contributed by atoms with E-state index in [2.05, 4.69) is 38.8 Å². The van der Waals surface area contributed by atoms with Crippen molar-refractivity contribution in [2.75, 3.05) is 6.61 Å². The first kappa shape index (κ1) is 13.1. The summed E-state index contributed by atoms with van der Waals surface area (Å²) in [6.07, 6.45) is 4.98. The molecule has 0 fully saturated rings. The highest BCUT2D eigenvalue weighted by Crippen LogP contribution is 2.15. The van der Waals surface area contributed by atoms with E-state index in [-0.39, 0.29) is 9.76 Å². The second-order valence-electron chi connectivity index (χ2n) is 2.85. The van der Waals surface area contributed by atoms with Gasteiger partial charge in [0, 0.05) is 6.61 Å². The van der Waals surface area contributed by atoms with Crippen LogP contribution in [0.15, 0.2) is 0 Å². The van der Waals surface area contributed by atoms with Crippen molar-refractivity contribution in [2.24, 2.45) is 0 Å². The Morgan fingerprint density at radius 2 is 2.08 bits per heavy atom. The highest BCUT2D eigenvalue weighted by molar-refractivity contribution is 9.24. The standard InChI is InChI=1S/C8H18Br2OSi/c1-2-3-6-11-12-7-4-5-8(9)10/h8H,2-7,12H2,1H3. The number of unbranched alkanes of at least 4 members (excludes halogenated alkanes) is 1. The molecule has 1 nitrogen and oxygen atoms in total. The van der Waals surface area contributed by atoms with Crippen LogP contribution in [0.5, 0.6) is 0 Å². The van der Waals surface area contributed by atoms with Crippen LogP contribution in [0.4, 0.5) is 0 Å². The maximum absolute atomic E-state index is 5.56. The van der Waals surface area contributed by atoms with Crippen LogP contribution in [0.25, 0.3) is 0 Å². The van der Waals surface area contributed by atoms with E-state index >= 15 is 0 Å². The average molecular weight is 318 g/mol. The predicted octanol–water partition coefficient (Wildman–Crippen LogP) is 3.20. The molecular formula is C8H18Br2OSi. The maximum atomic E-state index is 5.56. The van der Waals surface area contributed by atoms with Crippen LogP contribution in [0.1, 0.15) is 32.6 Å². The van der Waals surface area contributed by atoms with Crippen molar-refractivity contribution in [3.05, 3.63) is 0 Å². The number of rotatable bonds is 8. The summed E-state index contributed by atoms with van der Waals surface area (Å²) in [6, 6.07) is 1.32. The molecule has 0 N–H and O–H groups in total. The summed E-state index contributed by atoms with van der Waals surface area (Å²) in [4.78, 5) is 0. The Labute approximate surface area is 94.8 Å². The minimum atomic E-state index is -0.194. The fourth-order valence-corrected chi connectivity index (χ4v) is 2.60. The van der Waals surface area contributed by atoms with Crippen molar-refractivity contribution in [3.8, 4) is 0 Å². The molecule has 0 heterocycles. The Morgan fingerprint density at radius 1 is 1.33 bits per heavy atom. The molecule has 0 bridgehead atoms. The van der Waals surface area contributed by atoms with Crippen molar-refractivity contribution in [1.82, 2.24) is 0 Å². The Hall–Kier alpha value is 1.14. The van der Waals surface area contributed by atoms with E-state index in [1.807, 2.05) is 0 Å². The first-order chi connectivity index (χ1) is 5.77.